The Morgan fingerprint density at radius 2 is 1.74 bits per heavy atom. The van der Waals surface area contributed by atoms with Crippen molar-refractivity contribution in [1.29, 1.82) is 0 Å². The number of Topliss-reactive ketones (excluding diaryl/α,β-unsaturated/α-hetero) is 1. The second kappa shape index (κ2) is 7.33. The lowest BCUT2D eigenvalue weighted by Gasteiger charge is -2.64. The molecule has 6 fully saturated rings. The van der Waals surface area contributed by atoms with Crippen molar-refractivity contribution in [2.45, 2.75) is 111 Å². The molecular weight excluding hydrogens is 436 g/mol. The van der Waals surface area contributed by atoms with Gasteiger partial charge >= 0.3 is 0 Å². The first-order valence-corrected chi connectivity index (χ1v) is 14.5. The van der Waals surface area contributed by atoms with E-state index in [1.165, 1.54) is 12.8 Å². The summed E-state index contributed by atoms with van der Waals surface area (Å²) >= 11 is 0. The quantitative estimate of drug-likeness (QED) is 0.616. The Hall–Kier alpha value is -0.490. The lowest BCUT2D eigenvalue weighted by molar-refractivity contribution is -0.194. The number of hydrogen-bond donors (Lipinski definition) is 2. The van der Waals surface area contributed by atoms with Gasteiger partial charge in [0.1, 0.15) is 12.0 Å². The van der Waals surface area contributed by atoms with Crippen LogP contribution in [-0.4, -0.2) is 60.9 Å². The van der Waals surface area contributed by atoms with E-state index in [0.29, 0.717) is 36.0 Å². The number of nitrogens with one attached hydrogen (secondary N) is 1. The molecule has 0 bridgehead atoms. The average Bonchev–Trinajstić information content (AvgIpc) is 3.41. The summed E-state index contributed by atoms with van der Waals surface area (Å²) in [5.74, 6) is 2.14. The van der Waals surface area contributed by atoms with Gasteiger partial charge in [-0.15, -0.1) is 0 Å². The van der Waals surface area contributed by atoms with Gasteiger partial charge in [0.15, 0.2) is 0 Å². The Kier molecular flexibility index (Phi) is 5.20. The Morgan fingerprint density at radius 3 is 2.40 bits per heavy atom. The van der Waals surface area contributed by atoms with Crippen LogP contribution in [0.1, 0.15) is 86.5 Å². The average molecular weight is 487 g/mol. The van der Waals surface area contributed by atoms with E-state index in [2.05, 4.69) is 65.9 Å². The van der Waals surface area contributed by atoms with Gasteiger partial charge in [-0.25, -0.2) is 0 Å². The van der Waals surface area contributed by atoms with Gasteiger partial charge in [-0.05, 0) is 93.5 Å². The first-order valence-electron chi connectivity index (χ1n) is 14.5. The number of ketones is 1. The van der Waals surface area contributed by atoms with E-state index in [0.717, 1.165) is 32.3 Å². The van der Waals surface area contributed by atoms with E-state index < -0.39 is 0 Å². The number of rotatable bonds is 3. The van der Waals surface area contributed by atoms with Crippen LogP contribution in [0, 0.1) is 50.7 Å². The zero-order valence-corrected chi connectivity index (χ0v) is 23.5. The molecule has 5 saturated carbocycles. The van der Waals surface area contributed by atoms with Crippen molar-refractivity contribution in [2.24, 2.45) is 50.7 Å². The topological polar surface area (TPSA) is 61.8 Å². The summed E-state index contributed by atoms with van der Waals surface area (Å²) in [6.07, 6.45) is 7.12. The fourth-order valence-electron chi connectivity index (χ4n) is 11.6. The van der Waals surface area contributed by atoms with Crippen molar-refractivity contribution in [3.05, 3.63) is 0 Å². The Balaban J connectivity index is 1.36. The molecule has 12 atom stereocenters. The van der Waals surface area contributed by atoms with E-state index in [9.17, 15) is 9.90 Å². The number of carbonyl (C=O) groups excluding carboxylic acids is 1. The number of aliphatic hydroxyl groups excluding tert-OH is 1. The maximum Gasteiger partial charge on any atom is 0.140 e. The van der Waals surface area contributed by atoms with Crippen molar-refractivity contribution >= 4 is 5.78 Å². The molecular formula is C30H50N2O3. The molecule has 198 valence electrons. The molecule has 0 amide bonds. The minimum Gasteiger partial charge on any atom is -0.393 e. The number of aliphatic hydroxyl groups is 1. The maximum absolute atomic E-state index is 14.4. The molecule has 3 unspecified atom stereocenters. The first kappa shape index (κ1) is 24.8. The van der Waals surface area contributed by atoms with E-state index in [-0.39, 0.29) is 51.4 Å². The Labute approximate surface area is 213 Å². The number of fused-ring (bicyclic) bond motifs is 4. The van der Waals surface area contributed by atoms with E-state index in [4.69, 9.17) is 4.74 Å². The van der Waals surface area contributed by atoms with Gasteiger partial charge in [-0.3, -0.25) is 10.1 Å². The Morgan fingerprint density at radius 1 is 1.06 bits per heavy atom. The van der Waals surface area contributed by atoms with E-state index in [1.807, 2.05) is 0 Å². The van der Waals surface area contributed by atoms with Crippen LogP contribution in [0.2, 0.25) is 0 Å². The number of nitrogens with zero attached hydrogens (tertiary/aromatic N) is 1. The molecule has 0 aromatic rings. The molecule has 2 N–H and O–H groups in total. The third-order valence-corrected chi connectivity index (χ3v) is 13.6. The number of ether oxygens (including phenoxy) is 1. The second-order valence-corrected chi connectivity index (χ2v) is 15.2. The molecule has 5 nitrogen and oxygen atoms in total. The summed E-state index contributed by atoms with van der Waals surface area (Å²) in [6, 6.07) is 0.753. The Bertz CT molecular complexity index is 921. The largest absolute Gasteiger partial charge is 0.393 e. The molecule has 0 aromatic carbocycles. The van der Waals surface area contributed by atoms with E-state index >= 15 is 0 Å². The minimum absolute atomic E-state index is 0.0194. The van der Waals surface area contributed by atoms with Gasteiger partial charge in [0.25, 0.3) is 0 Å². The third kappa shape index (κ3) is 2.72. The fraction of sp³-hybridized carbons (Fsp3) is 0.967. The molecule has 2 spiro atoms. The van der Waals surface area contributed by atoms with Crippen molar-refractivity contribution in [1.82, 2.24) is 10.2 Å². The van der Waals surface area contributed by atoms with Crippen LogP contribution in [0.15, 0.2) is 0 Å². The van der Waals surface area contributed by atoms with Crippen LogP contribution in [0.5, 0.6) is 0 Å². The van der Waals surface area contributed by atoms with Gasteiger partial charge in [-0.2, -0.15) is 0 Å². The van der Waals surface area contributed by atoms with Crippen molar-refractivity contribution in [3.63, 3.8) is 0 Å². The molecule has 5 heteroatoms. The molecule has 5 aliphatic carbocycles. The summed E-state index contributed by atoms with van der Waals surface area (Å²) in [7, 11) is 4.24. The molecule has 35 heavy (non-hydrogen) atoms. The molecule has 1 saturated heterocycles. The van der Waals surface area contributed by atoms with Crippen LogP contribution in [-0.2, 0) is 9.53 Å². The van der Waals surface area contributed by atoms with Crippen LogP contribution in [0.4, 0.5) is 0 Å². The van der Waals surface area contributed by atoms with Gasteiger partial charge in [0.2, 0.25) is 0 Å². The lowest BCUT2D eigenvalue weighted by atomic mass is 9.41. The lowest BCUT2D eigenvalue weighted by Crippen LogP contribution is -2.67. The highest BCUT2D eigenvalue weighted by molar-refractivity contribution is 5.92. The maximum atomic E-state index is 14.4. The predicted octanol–water partition coefficient (Wildman–Crippen LogP) is 4.48. The van der Waals surface area contributed by atoms with Crippen molar-refractivity contribution in [2.75, 3.05) is 20.7 Å². The minimum atomic E-state index is -0.324. The summed E-state index contributed by atoms with van der Waals surface area (Å²) in [5.41, 5.74) is 0.00107. The van der Waals surface area contributed by atoms with Crippen molar-refractivity contribution < 1.29 is 14.6 Å². The fourth-order valence-corrected chi connectivity index (χ4v) is 11.6. The van der Waals surface area contributed by atoms with Crippen molar-refractivity contribution in [3.8, 4) is 0 Å². The van der Waals surface area contributed by atoms with Crippen LogP contribution < -0.4 is 5.32 Å². The van der Waals surface area contributed by atoms with Crippen LogP contribution in [0.25, 0.3) is 0 Å². The third-order valence-electron chi connectivity index (χ3n) is 13.6. The van der Waals surface area contributed by atoms with Crippen LogP contribution >= 0.6 is 0 Å². The second-order valence-electron chi connectivity index (χ2n) is 15.2. The zero-order valence-electron chi connectivity index (χ0n) is 23.5. The summed E-state index contributed by atoms with van der Waals surface area (Å²) in [5, 5.41) is 15.4. The highest BCUT2D eigenvalue weighted by Crippen LogP contribution is 2.88. The van der Waals surface area contributed by atoms with Crippen LogP contribution in [0.3, 0.4) is 0 Å². The molecule has 0 radical (unpaired) electrons. The molecule has 0 aromatic heterocycles. The van der Waals surface area contributed by atoms with E-state index in [1.54, 1.807) is 0 Å². The smallest absolute Gasteiger partial charge is 0.140 e. The highest BCUT2D eigenvalue weighted by Gasteiger charge is 2.86. The first-order chi connectivity index (χ1) is 16.3. The summed E-state index contributed by atoms with van der Waals surface area (Å²) in [4.78, 5) is 16.7. The molecule has 1 heterocycles. The van der Waals surface area contributed by atoms with Gasteiger partial charge < -0.3 is 14.7 Å². The number of carbonyl (C=O) groups is 1. The molecule has 1 aliphatic heterocycles. The summed E-state index contributed by atoms with van der Waals surface area (Å²) in [6.45, 7) is 14.9. The highest BCUT2D eigenvalue weighted by atomic mass is 16.5. The predicted molar refractivity (Wildman–Crippen MR) is 138 cm³/mol. The monoisotopic (exact) mass is 486 g/mol. The van der Waals surface area contributed by atoms with Gasteiger partial charge in [0, 0.05) is 35.3 Å². The number of hydrogen-bond acceptors (Lipinski definition) is 5. The normalized spacial score (nSPS) is 57.7. The standard InChI is InChI=1S/C30H50N2O3/c1-17(2)25-31-22-11-12-29-15-30(29)21(10-9-20(29)26(22,4)16-35-25)27(5)13-19(33)24(18(3)32(7)8)28(27,6)14-23(30)34/h17-22,24-25,31,33H,9-16H2,1-8H3/t18-,19+,20?,21?,22-,24-,25-,26-,27-,28+,29?,30-/m0/s1. The van der Waals surface area contributed by atoms with Gasteiger partial charge in [0.05, 0.1) is 12.7 Å². The zero-order chi connectivity index (χ0) is 25.3. The SMILES string of the molecule is CC(C)[C@H]1N[C@H]2CCC34C[C@]35C(=O)C[C@]3(C)[C@@H]([C@H](C)N(C)C)[C@H](O)C[C@@]3(C)C5CCC4[C@]2(C)CO1. The molecule has 6 aliphatic rings. The molecule has 6 rings (SSSR count). The van der Waals surface area contributed by atoms with Gasteiger partial charge in [-0.1, -0.05) is 34.6 Å². The summed E-state index contributed by atoms with van der Waals surface area (Å²) < 4.78 is 6.43.